The standard InChI is InChI=1S/C12H21N3O3S/c1-3-15(4-2)19(17,18)10-5-6-12(11(13)9-10)14-7-8-16/h5-6,9,14,16H,3-4,7-8,13H2,1-2H3. The molecule has 0 aliphatic carbocycles. The van der Waals surface area contributed by atoms with E-state index in [1.54, 1.807) is 19.9 Å². The number of rotatable bonds is 7. The van der Waals surface area contributed by atoms with E-state index in [-0.39, 0.29) is 11.5 Å². The Morgan fingerprint density at radius 3 is 2.42 bits per heavy atom. The van der Waals surface area contributed by atoms with E-state index < -0.39 is 10.0 Å². The maximum Gasteiger partial charge on any atom is 0.243 e. The number of sulfonamides is 1. The van der Waals surface area contributed by atoms with Gasteiger partial charge in [0.1, 0.15) is 0 Å². The summed E-state index contributed by atoms with van der Waals surface area (Å²) in [4.78, 5) is 0.184. The van der Waals surface area contributed by atoms with Crippen LogP contribution in [-0.2, 0) is 10.0 Å². The monoisotopic (exact) mass is 287 g/mol. The number of nitrogens with zero attached hydrogens (tertiary/aromatic N) is 1. The maximum absolute atomic E-state index is 12.3. The lowest BCUT2D eigenvalue weighted by molar-refractivity contribution is 0.311. The molecule has 0 bridgehead atoms. The van der Waals surface area contributed by atoms with E-state index in [4.69, 9.17) is 10.8 Å². The molecule has 0 heterocycles. The Kier molecular flexibility index (Phi) is 5.59. The summed E-state index contributed by atoms with van der Waals surface area (Å²) < 4.78 is 25.9. The third-order valence-corrected chi connectivity index (χ3v) is 4.84. The molecule has 6 nitrogen and oxygen atoms in total. The second-order valence-corrected chi connectivity index (χ2v) is 5.93. The molecule has 0 aliphatic heterocycles. The Morgan fingerprint density at radius 1 is 1.32 bits per heavy atom. The third-order valence-electron chi connectivity index (χ3n) is 2.79. The maximum atomic E-state index is 12.3. The Bertz CT molecular complexity index is 513. The molecule has 7 heteroatoms. The molecule has 0 amide bonds. The van der Waals surface area contributed by atoms with Gasteiger partial charge in [0.25, 0.3) is 0 Å². The van der Waals surface area contributed by atoms with E-state index in [0.717, 1.165) is 0 Å². The van der Waals surface area contributed by atoms with Crippen molar-refractivity contribution >= 4 is 21.4 Å². The fourth-order valence-electron chi connectivity index (χ4n) is 1.77. The molecule has 1 aromatic rings. The molecule has 1 aromatic carbocycles. The number of aliphatic hydroxyl groups excluding tert-OH is 1. The Balaban J connectivity index is 3.06. The number of nitrogens with two attached hydrogens (primary N) is 1. The summed E-state index contributed by atoms with van der Waals surface area (Å²) in [5.41, 5.74) is 6.78. The fourth-order valence-corrected chi connectivity index (χ4v) is 3.26. The Labute approximate surface area is 114 Å². The van der Waals surface area contributed by atoms with Crippen molar-refractivity contribution < 1.29 is 13.5 Å². The number of nitrogen functional groups attached to an aromatic ring is 1. The van der Waals surface area contributed by atoms with Crippen molar-refractivity contribution in [3.8, 4) is 0 Å². The molecular weight excluding hydrogens is 266 g/mol. The third kappa shape index (κ3) is 3.59. The van der Waals surface area contributed by atoms with Crippen molar-refractivity contribution in [2.45, 2.75) is 18.7 Å². The highest BCUT2D eigenvalue weighted by Crippen LogP contribution is 2.24. The molecule has 0 unspecified atom stereocenters. The van der Waals surface area contributed by atoms with Gasteiger partial charge in [0, 0.05) is 19.6 Å². The van der Waals surface area contributed by atoms with E-state index in [0.29, 0.717) is 31.0 Å². The van der Waals surface area contributed by atoms with Crippen LogP contribution in [0.15, 0.2) is 23.1 Å². The molecule has 0 atom stereocenters. The van der Waals surface area contributed by atoms with E-state index in [2.05, 4.69) is 5.32 Å². The molecule has 0 radical (unpaired) electrons. The lowest BCUT2D eigenvalue weighted by Gasteiger charge is -2.19. The van der Waals surface area contributed by atoms with Gasteiger partial charge in [-0.25, -0.2) is 8.42 Å². The van der Waals surface area contributed by atoms with Gasteiger partial charge in [-0.15, -0.1) is 0 Å². The number of aliphatic hydroxyl groups is 1. The first-order valence-electron chi connectivity index (χ1n) is 6.21. The van der Waals surface area contributed by atoms with Gasteiger partial charge >= 0.3 is 0 Å². The minimum absolute atomic E-state index is 0.0149. The van der Waals surface area contributed by atoms with Gasteiger partial charge in [0.2, 0.25) is 10.0 Å². The van der Waals surface area contributed by atoms with E-state index in [9.17, 15) is 8.42 Å². The molecule has 4 N–H and O–H groups in total. The van der Waals surface area contributed by atoms with Gasteiger partial charge in [0.15, 0.2) is 0 Å². The van der Waals surface area contributed by atoms with E-state index >= 15 is 0 Å². The van der Waals surface area contributed by atoms with Crippen LogP contribution in [0, 0.1) is 0 Å². The summed E-state index contributed by atoms with van der Waals surface area (Å²) in [7, 11) is -3.48. The van der Waals surface area contributed by atoms with Crippen molar-refractivity contribution in [3.05, 3.63) is 18.2 Å². The molecule has 0 aliphatic rings. The van der Waals surface area contributed by atoms with Gasteiger partial charge in [-0.2, -0.15) is 4.31 Å². The van der Waals surface area contributed by atoms with Crippen LogP contribution in [0.2, 0.25) is 0 Å². The summed E-state index contributed by atoms with van der Waals surface area (Å²) >= 11 is 0. The number of hydrogen-bond acceptors (Lipinski definition) is 5. The summed E-state index contributed by atoms with van der Waals surface area (Å²) in [5, 5.41) is 11.6. The van der Waals surface area contributed by atoms with Gasteiger partial charge in [-0.1, -0.05) is 13.8 Å². The number of anilines is 2. The van der Waals surface area contributed by atoms with Crippen molar-refractivity contribution in [1.82, 2.24) is 4.31 Å². The summed E-state index contributed by atoms with van der Waals surface area (Å²) in [6, 6.07) is 4.57. The highest BCUT2D eigenvalue weighted by atomic mass is 32.2. The molecule has 0 saturated heterocycles. The molecule has 0 fully saturated rings. The van der Waals surface area contributed by atoms with Crippen molar-refractivity contribution in [2.24, 2.45) is 0 Å². The van der Waals surface area contributed by atoms with Gasteiger partial charge in [0.05, 0.1) is 22.9 Å². The van der Waals surface area contributed by atoms with Crippen LogP contribution < -0.4 is 11.1 Å². The second-order valence-electron chi connectivity index (χ2n) is 3.99. The highest BCUT2D eigenvalue weighted by molar-refractivity contribution is 7.89. The quantitative estimate of drug-likeness (QED) is 0.642. The zero-order chi connectivity index (χ0) is 14.5. The minimum Gasteiger partial charge on any atom is -0.397 e. The van der Waals surface area contributed by atoms with Crippen LogP contribution in [0.4, 0.5) is 11.4 Å². The summed E-state index contributed by atoms with van der Waals surface area (Å²) in [5.74, 6) is 0. The first-order valence-corrected chi connectivity index (χ1v) is 7.65. The lowest BCUT2D eigenvalue weighted by atomic mass is 10.2. The van der Waals surface area contributed by atoms with E-state index in [1.807, 2.05) is 0 Å². The molecular formula is C12H21N3O3S. The van der Waals surface area contributed by atoms with Crippen LogP contribution >= 0.6 is 0 Å². The van der Waals surface area contributed by atoms with Gasteiger partial charge < -0.3 is 16.2 Å². The van der Waals surface area contributed by atoms with Crippen LogP contribution in [-0.4, -0.2) is 44.1 Å². The van der Waals surface area contributed by atoms with Crippen LogP contribution in [0.25, 0.3) is 0 Å². The zero-order valence-electron chi connectivity index (χ0n) is 11.3. The number of nitrogens with one attached hydrogen (secondary N) is 1. The molecule has 0 saturated carbocycles. The summed E-state index contributed by atoms with van der Waals surface area (Å²) in [6.45, 7) is 4.78. The lowest BCUT2D eigenvalue weighted by Crippen LogP contribution is -2.30. The van der Waals surface area contributed by atoms with Crippen molar-refractivity contribution in [2.75, 3.05) is 37.3 Å². The molecule has 1 rings (SSSR count). The molecule has 19 heavy (non-hydrogen) atoms. The zero-order valence-corrected chi connectivity index (χ0v) is 12.1. The first kappa shape index (κ1) is 15.7. The topological polar surface area (TPSA) is 95.7 Å². The van der Waals surface area contributed by atoms with E-state index in [1.165, 1.54) is 16.4 Å². The number of hydrogen-bond donors (Lipinski definition) is 3. The Morgan fingerprint density at radius 2 is 1.95 bits per heavy atom. The predicted octanol–water partition coefficient (Wildman–Crippen LogP) is 0.704. The largest absolute Gasteiger partial charge is 0.397 e. The van der Waals surface area contributed by atoms with Gasteiger partial charge in [-0.3, -0.25) is 0 Å². The number of benzene rings is 1. The SMILES string of the molecule is CCN(CC)S(=O)(=O)c1ccc(NCCO)c(N)c1. The first-order chi connectivity index (χ1) is 8.97. The van der Waals surface area contributed by atoms with Crippen LogP contribution in [0.1, 0.15) is 13.8 Å². The molecule has 0 spiro atoms. The predicted molar refractivity (Wildman–Crippen MR) is 76.5 cm³/mol. The normalized spacial score (nSPS) is 11.8. The molecule has 0 aromatic heterocycles. The average molecular weight is 287 g/mol. The Hall–Kier alpha value is -1.31. The van der Waals surface area contributed by atoms with Gasteiger partial charge in [-0.05, 0) is 18.2 Å². The highest BCUT2D eigenvalue weighted by Gasteiger charge is 2.22. The second kappa shape index (κ2) is 6.74. The van der Waals surface area contributed by atoms with Crippen LogP contribution in [0.5, 0.6) is 0 Å². The average Bonchev–Trinajstić information content (AvgIpc) is 2.38. The minimum atomic E-state index is -3.48. The summed E-state index contributed by atoms with van der Waals surface area (Å²) in [6.07, 6.45) is 0. The smallest absolute Gasteiger partial charge is 0.243 e. The van der Waals surface area contributed by atoms with Crippen molar-refractivity contribution in [3.63, 3.8) is 0 Å². The van der Waals surface area contributed by atoms with Crippen molar-refractivity contribution in [1.29, 1.82) is 0 Å². The fraction of sp³-hybridized carbons (Fsp3) is 0.500. The van der Waals surface area contributed by atoms with Crippen LogP contribution in [0.3, 0.4) is 0 Å². The molecule has 108 valence electrons.